The van der Waals surface area contributed by atoms with Crippen molar-refractivity contribution in [1.29, 1.82) is 0 Å². The van der Waals surface area contributed by atoms with Crippen molar-refractivity contribution in [3.05, 3.63) is 157 Å². The van der Waals surface area contributed by atoms with Gasteiger partial charge in [-0.05, 0) is 59.7 Å². The Morgan fingerprint density at radius 1 is 0.543 bits per heavy atom. The van der Waals surface area contributed by atoms with Crippen LogP contribution in [-0.2, 0) is 0 Å². The van der Waals surface area contributed by atoms with E-state index in [1.54, 1.807) is 0 Å². The van der Waals surface area contributed by atoms with Gasteiger partial charge >= 0.3 is 0 Å². The highest BCUT2D eigenvalue weighted by Gasteiger charge is 2.19. The van der Waals surface area contributed by atoms with Crippen molar-refractivity contribution in [3.8, 4) is 0 Å². The average Bonchev–Trinajstić information content (AvgIpc) is 3.28. The van der Waals surface area contributed by atoms with Crippen molar-refractivity contribution in [3.63, 3.8) is 0 Å². The molecule has 0 bridgehead atoms. The first-order valence-corrected chi connectivity index (χ1v) is 16.0. The first-order valence-electron chi connectivity index (χ1n) is 15.1. The zero-order chi connectivity index (χ0) is 31.0. The molecule has 7 nitrogen and oxygen atoms in total. The Morgan fingerprint density at radius 3 is 1.63 bits per heavy atom. The van der Waals surface area contributed by atoms with E-state index in [1.165, 1.54) is 10.5 Å². The van der Waals surface area contributed by atoms with Crippen LogP contribution in [0.25, 0.3) is 6.08 Å². The van der Waals surface area contributed by atoms with Gasteiger partial charge in [0.25, 0.3) is 0 Å². The number of aliphatic imine (C=N–C) groups is 1. The molecule has 0 radical (unpaired) electrons. The molecule has 0 spiro atoms. The van der Waals surface area contributed by atoms with Gasteiger partial charge in [0.1, 0.15) is 0 Å². The van der Waals surface area contributed by atoms with E-state index in [9.17, 15) is 0 Å². The van der Waals surface area contributed by atoms with E-state index in [1.807, 2.05) is 96.7 Å². The Balaban J connectivity index is 1.13. The highest BCUT2D eigenvalue weighted by atomic mass is 32.2. The van der Waals surface area contributed by atoms with Gasteiger partial charge in [-0.25, -0.2) is 0 Å². The molecule has 1 aliphatic rings. The predicted molar refractivity (Wildman–Crippen MR) is 191 cm³/mol. The first-order chi connectivity index (χ1) is 22.7. The SMILES string of the molecule is C(=C\C1CC(c2ccc(Nc3nc(Nc4ccccc4)nc(Nc4ccccc4)n3)cc2)=Nc2ccccc2S1)/c1ccccc1. The fraction of sp³-hybridized carbons (Fsp3) is 0.0526. The molecule has 8 heteroatoms. The number of hydrogen-bond donors (Lipinski definition) is 3. The molecule has 2 heterocycles. The molecule has 0 saturated carbocycles. The van der Waals surface area contributed by atoms with Gasteiger partial charge in [-0.2, -0.15) is 15.0 Å². The van der Waals surface area contributed by atoms with Gasteiger partial charge in [-0.15, -0.1) is 11.8 Å². The number of nitrogens with zero attached hydrogens (tertiary/aromatic N) is 4. The maximum atomic E-state index is 5.12. The number of fused-ring (bicyclic) bond motifs is 1. The standard InChI is InChI=1S/C38H31N7S/c1-4-12-27(13-5-1)20-25-32-26-34(42-33-18-10-11-19-35(33)46-32)28-21-23-31(24-22-28)41-38-44-36(39-29-14-6-2-7-15-29)43-37(45-38)40-30-16-8-3-9-17-30/h1-25,32H,26H2,(H3,39,40,41,43,44,45)/b25-20+. The minimum atomic E-state index is 0.247. The first kappa shape index (κ1) is 29.0. The minimum absolute atomic E-state index is 0.247. The summed E-state index contributed by atoms with van der Waals surface area (Å²) in [6, 6.07) is 46.7. The summed E-state index contributed by atoms with van der Waals surface area (Å²) in [6.45, 7) is 0. The molecule has 7 rings (SSSR count). The average molecular weight is 618 g/mol. The molecule has 3 N–H and O–H groups in total. The Hall–Kier alpha value is -5.73. The summed E-state index contributed by atoms with van der Waals surface area (Å²) in [6.07, 6.45) is 5.30. The van der Waals surface area contributed by atoms with Crippen LogP contribution in [0.2, 0.25) is 0 Å². The minimum Gasteiger partial charge on any atom is -0.324 e. The number of aromatic nitrogens is 3. The summed E-state index contributed by atoms with van der Waals surface area (Å²) in [5.41, 5.74) is 6.95. The van der Waals surface area contributed by atoms with Crippen LogP contribution in [-0.4, -0.2) is 25.9 Å². The Labute approximate surface area is 272 Å². The summed E-state index contributed by atoms with van der Waals surface area (Å²) in [5, 5.41) is 10.2. The maximum absolute atomic E-state index is 5.12. The van der Waals surface area contributed by atoms with Crippen molar-refractivity contribution in [2.24, 2.45) is 4.99 Å². The van der Waals surface area contributed by atoms with Crippen LogP contribution in [0, 0.1) is 0 Å². The lowest BCUT2D eigenvalue weighted by molar-refractivity contribution is 1.06. The largest absolute Gasteiger partial charge is 0.324 e. The zero-order valence-electron chi connectivity index (χ0n) is 24.9. The van der Waals surface area contributed by atoms with Crippen molar-refractivity contribution in [2.75, 3.05) is 16.0 Å². The molecule has 0 fully saturated rings. The quantitative estimate of drug-likeness (QED) is 0.149. The van der Waals surface area contributed by atoms with Crippen LogP contribution >= 0.6 is 11.8 Å². The van der Waals surface area contributed by atoms with E-state index < -0.39 is 0 Å². The summed E-state index contributed by atoms with van der Waals surface area (Å²) in [7, 11) is 0. The van der Waals surface area contributed by atoms with Crippen LogP contribution in [0.5, 0.6) is 0 Å². The van der Waals surface area contributed by atoms with Crippen LogP contribution in [0.3, 0.4) is 0 Å². The summed E-state index contributed by atoms with van der Waals surface area (Å²) < 4.78 is 0. The van der Waals surface area contributed by atoms with Gasteiger partial charge in [0.2, 0.25) is 17.8 Å². The molecule has 0 saturated heterocycles. The van der Waals surface area contributed by atoms with Crippen LogP contribution in [0.15, 0.2) is 155 Å². The molecule has 5 aromatic carbocycles. The molecule has 46 heavy (non-hydrogen) atoms. The highest BCUT2D eigenvalue weighted by Crippen LogP contribution is 2.38. The Bertz CT molecular complexity index is 1900. The lowest BCUT2D eigenvalue weighted by Crippen LogP contribution is -2.09. The lowest BCUT2D eigenvalue weighted by Gasteiger charge is -2.13. The zero-order valence-corrected chi connectivity index (χ0v) is 25.7. The fourth-order valence-electron chi connectivity index (χ4n) is 5.03. The van der Waals surface area contributed by atoms with E-state index >= 15 is 0 Å². The van der Waals surface area contributed by atoms with Gasteiger partial charge in [-0.1, -0.05) is 103 Å². The molecule has 1 aromatic heterocycles. The Morgan fingerprint density at radius 2 is 1.04 bits per heavy atom. The van der Waals surface area contributed by atoms with Crippen molar-refractivity contribution in [1.82, 2.24) is 15.0 Å². The number of benzene rings is 5. The van der Waals surface area contributed by atoms with E-state index in [0.717, 1.165) is 40.4 Å². The number of rotatable bonds is 9. The molecule has 1 atom stereocenters. The van der Waals surface area contributed by atoms with E-state index in [0.29, 0.717) is 17.8 Å². The highest BCUT2D eigenvalue weighted by molar-refractivity contribution is 8.00. The monoisotopic (exact) mass is 617 g/mol. The molecular weight excluding hydrogens is 587 g/mol. The second kappa shape index (κ2) is 13.9. The summed E-state index contributed by atoms with van der Waals surface area (Å²) >= 11 is 1.86. The molecular formula is C38H31N7S. The van der Waals surface area contributed by atoms with Gasteiger partial charge in [-0.3, -0.25) is 4.99 Å². The third-order valence-electron chi connectivity index (χ3n) is 7.27. The van der Waals surface area contributed by atoms with Gasteiger partial charge in [0.15, 0.2) is 0 Å². The predicted octanol–water partition coefficient (Wildman–Crippen LogP) is 9.80. The number of thioether (sulfide) groups is 1. The Kier molecular flexibility index (Phi) is 8.78. The second-order valence-corrected chi connectivity index (χ2v) is 11.9. The van der Waals surface area contributed by atoms with E-state index in [-0.39, 0.29) is 5.25 Å². The second-order valence-electron chi connectivity index (χ2n) is 10.6. The number of anilines is 6. The van der Waals surface area contributed by atoms with Crippen molar-refractivity contribution < 1.29 is 0 Å². The van der Waals surface area contributed by atoms with Gasteiger partial charge in [0, 0.05) is 39.3 Å². The molecule has 6 aromatic rings. The van der Waals surface area contributed by atoms with Crippen LogP contribution in [0.1, 0.15) is 17.5 Å². The summed E-state index contributed by atoms with van der Waals surface area (Å²) in [4.78, 5) is 20.2. The third kappa shape index (κ3) is 7.49. The fourth-order valence-corrected chi connectivity index (χ4v) is 6.14. The normalized spacial score (nSPS) is 14.2. The lowest BCUT2D eigenvalue weighted by atomic mass is 10.0. The van der Waals surface area contributed by atoms with Crippen LogP contribution < -0.4 is 16.0 Å². The van der Waals surface area contributed by atoms with Gasteiger partial charge < -0.3 is 16.0 Å². The van der Waals surface area contributed by atoms with Gasteiger partial charge in [0.05, 0.1) is 5.69 Å². The van der Waals surface area contributed by atoms with E-state index in [4.69, 9.17) is 4.99 Å². The molecule has 1 unspecified atom stereocenters. The molecule has 0 amide bonds. The van der Waals surface area contributed by atoms with Crippen molar-refractivity contribution >= 4 is 64.1 Å². The maximum Gasteiger partial charge on any atom is 0.233 e. The smallest absolute Gasteiger partial charge is 0.233 e. The van der Waals surface area contributed by atoms with Crippen molar-refractivity contribution in [2.45, 2.75) is 16.6 Å². The molecule has 0 aliphatic carbocycles. The summed E-state index contributed by atoms with van der Waals surface area (Å²) in [5.74, 6) is 1.28. The van der Waals surface area contributed by atoms with E-state index in [2.05, 4.69) is 97.7 Å². The topological polar surface area (TPSA) is 87.1 Å². The number of para-hydroxylation sites is 3. The molecule has 1 aliphatic heterocycles. The van der Waals surface area contributed by atoms with Crippen LogP contribution in [0.4, 0.5) is 40.6 Å². The number of hydrogen-bond acceptors (Lipinski definition) is 8. The third-order valence-corrected chi connectivity index (χ3v) is 8.49. The number of nitrogens with one attached hydrogen (secondary N) is 3. The molecule has 224 valence electrons.